The number of rotatable bonds is 5. The average Bonchev–Trinajstić information content (AvgIpc) is 3.59. The Labute approximate surface area is 222 Å². The average molecular weight is 517 g/mol. The number of ketones is 1. The molecule has 7 heteroatoms. The number of fused-ring (bicyclic) bond motifs is 2. The van der Waals surface area contributed by atoms with Gasteiger partial charge in [0.05, 0.1) is 12.0 Å². The van der Waals surface area contributed by atoms with Crippen molar-refractivity contribution in [3.63, 3.8) is 0 Å². The third kappa shape index (κ3) is 4.18. The monoisotopic (exact) mass is 516 g/mol. The van der Waals surface area contributed by atoms with Crippen molar-refractivity contribution in [3.05, 3.63) is 0 Å². The van der Waals surface area contributed by atoms with Gasteiger partial charge >= 0.3 is 6.09 Å². The van der Waals surface area contributed by atoms with E-state index in [4.69, 9.17) is 4.74 Å². The number of hydrogen-bond acceptors (Lipinski definition) is 6. The number of nitrogens with one attached hydrogen (secondary N) is 1. The highest BCUT2D eigenvalue weighted by Crippen LogP contribution is 2.68. The molecule has 2 aliphatic heterocycles. The molecular weight excluding hydrogens is 468 g/mol. The molecule has 1 unspecified atom stereocenters. The van der Waals surface area contributed by atoms with Crippen LogP contribution in [0.5, 0.6) is 0 Å². The van der Waals surface area contributed by atoms with Crippen LogP contribution < -0.4 is 5.32 Å². The number of carbonyl (C=O) groups is 3. The molecule has 2 saturated heterocycles. The highest BCUT2D eigenvalue weighted by atomic mass is 16.6. The molecule has 3 saturated carbocycles. The maximum atomic E-state index is 13.6. The molecular formula is C30H48N2O5. The molecule has 2 N–H and O–H groups in total. The normalized spacial score (nSPS) is 48.8. The number of hydrogen-bond donors (Lipinski definition) is 2. The van der Waals surface area contributed by atoms with Gasteiger partial charge in [-0.25, -0.2) is 4.79 Å². The number of Topliss-reactive ketones (excluding diaryl/α,β-unsaturated/α-hetero) is 1. The van der Waals surface area contributed by atoms with Gasteiger partial charge in [-0.2, -0.15) is 0 Å². The summed E-state index contributed by atoms with van der Waals surface area (Å²) in [5.41, 5.74) is -1.24. The van der Waals surface area contributed by atoms with Gasteiger partial charge in [0, 0.05) is 30.8 Å². The standard InChI is InChI=1S/C30H48N2O5/c1-6-7-11-28(4)15-23(37-27(36)31-26(35)21-17-32-14-10-20(21)16-32)29(5)18(2)8-12-30(19(3)25(28)34)13-9-22(33)24(29)30/h18-21,23-25,34H,6-17H2,1-5H3,(H,31,35,36)/t18-,19+,20-,21+,23-,24+,25+,28-,29+,30+/m1/s1. The van der Waals surface area contributed by atoms with Crippen LogP contribution in [-0.4, -0.2) is 59.6 Å². The van der Waals surface area contributed by atoms with Crippen LogP contribution in [0.2, 0.25) is 0 Å². The fourth-order valence-corrected chi connectivity index (χ4v) is 9.62. The number of unbranched alkanes of at least 4 members (excludes halogenated alkanes) is 1. The molecule has 2 amide bonds. The third-order valence-corrected chi connectivity index (χ3v) is 12.1. The van der Waals surface area contributed by atoms with Crippen molar-refractivity contribution in [1.82, 2.24) is 10.2 Å². The second-order valence-electron chi connectivity index (χ2n) is 13.9. The molecule has 4 bridgehead atoms. The quantitative estimate of drug-likeness (QED) is 0.556. The zero-order chi connectivity index (χ0) is 26.8. The van der Waals surface area contributed by atoms with Gasteiger partial charge in [-0.3, -0.25) is 14.9 Å². The van der Waals surface area contributed by atoms with E-state index < -0.39 is 29.1 Å². The zero-order valence-corrected chi connectivity index (χ0v) is 23.6. The number of aliphatic hydroxyl groups excluding tert-OH is 1. The summed E-state index contributed by atoms with van der Waals surface area (Å²) in [5.74, 6) is 0.125. The van der Waals surface area contributed by atoms with E-state index >= 15 is 0 Å². The smallest absolute Gasteiger partial charge is 0.414 e. The molecule has 0 radical (unpaired) electrons. The van der Waals surface area contributed by atoms with E-state index in [9.17, 15) is 19.5 Å². The van der Waals surface area contributed by atoms with Crippen molar-refractivity contribution in [1.29, 1.82) is 0 Å². The minimum atomic E-state index is -0.691. The fraction of sp³-hybridized carbons (Fsp3) is 0.900. The highest BCUT2D eigenvalue weighted by molar-refractivity contribution is 5.93. The van der Waals surface area contributed by atoms with E-state index in [1.54, 1.807) is 0 Å². The molecule has 208 valence electrons. The molecule has 0 spiro atoms. The summed E-state index contributed by atoms with van der Waals surface area (Å²) < 4.78 is 6.26. The van der Waals surface area contributed by atoms with Gasteiger partial charge < -0.3 is 14.7 Å². The van der Waals surface area contributed by atoms with Gasteiger partial charge in [-0.15, -0.1) is 0 Å². The van der Waals surface area contributed by atoms with Crippen molar-refractivity contribution in [2.45, 2.75) is 105 Å². The van der Waals surface area contributed by atoms with Gasteiger partial charge in [0.2, 0.25) is 5.91 Å². The molecule has 3 aliphatic carbocycles. The number of ether oxygens (including phenoxy) is 1. The van der Waals surface area contributed by atoms with Crippen LogP contribution in [0.4, 0.5) is 4.79 Å². The highest BCUT2D eigenvalue weighted by Gasteiger charge is 2.68. The molecule has 7 nitrogen and oxygen atoms in total. The van der Waals surface area contributed by atoms with E-state index in [1.807, 2.05) is 0 Å². The first-order valence-corrected chi connectivity index (χ1v) is 14.9. The van der Waals surface area contributed by atoms with Gasteiger partial charge in [0.1, 0.15) is 11.9 Å². The summed E-state index contributed by atoms with van der Waals surface area (Å²) in [5, 5.41) is 14.5. The van der Waals surface area contributed by atoms with Gasteiger partial charge in [-0.05, 0) is 73.7 Å². The Bertz CT molecular complexity index is 939. The predicted molar refractivity (Wildman–Crippen MR) is 141 cm³/mol. The van der Waals surface area contributed by atoms with Gasteiger partial charge in [0.15, 0.2) is 0 Å². The van der Waals surface area contributed by atoms with Crippen LogP contribution in [0, 0.1) is 45.8 Å². The van der Waals surface area contributed by atoms with Crippen molar-refractivity contribution in [3.8, 4) is 0 Å². The molecule has 2 heterocycles. The number of aliphatic hydroxyl groups is 1. The SMILES string of the molecule is CCCC[C@]1(C)C[C@@H](OC(=O)NC(=O)[C@H]2CN3CC[C@@H]2C3)[C@]2(C)[C@H](C)CC[C@]3(CCC(=O)[C@H]32)[C@@H](C)[C@@H]1O. The maximum Gasteiger partial charge on any atom is 0.414 e. The lowest BCUT2D eigenvalue weighted by Gasteiger charge is -2.62. The predicted octanol–water partition coefficient (Wildman–Crippen LogP) is 4.56. The van der Waals surface area contributed by atoms with Crippen LogP contribution in [0.25, 0.3) is 0 Å². The summed E-state index contributed by atoms with van der Waals surface area (Å²) in [6, 6.07) is 0. The second kappa shape index (κ2) is 9.62. The van der Waals surface area contributed by atoms with E-state index in [0.29, 0.717) is 25.3 Å². The van der Waals surface area contributed by atoms with E-state index in [2.05, 4.69) is 44.8 Å². The molecule has 5 aliphatic rings. The first-order valence-electron chi connectivity index (χ1n) is 14.9. The lowest BCUT2D eigenvalue weighted by Crippen LogP contribution is -2.63. The molecule has 5 rings (SSSR count). The molecule has 5 fully saturated rings. The third-order valence-electron chi connectivity index (χ3n) is 12.1. The minimum absolute atomic E-state index is 0.00164. The van der Waals surface area contributed by atoms with Crippen molar-refractivity contribution >= 4 is 17.8 Å². The van der Waals surface area contributed by atoms with E-state index in [1.165, 1.54) is 0 Å². The number of amides is 2. The van der Waals surface area contributed by atoms with Crippen LogP contribution in [0.3, 0.4) is 0 Å². The molecule has 11 atom stereocenters. The van der Waals surface area contributed by atoms with E-state index in [0.717, 1.165) is 58.0 Å². The number of carbonyl (C=O) groups excluding carboxylic acids is 3. The second-order valence-corrected chi connectivity index (χ2v) is 13.9. The Hall–Kier alpha value is -1.47. The topological polar surface area (TPSA) is 95.9 Å². The Morgan fingerprint density at radius 3 is 2.57 bits per heavy atom. The van der Waals surface area contributed by atoms with Gasteiger partial charge in [0.25, 0.3) is 0 Å². The lowest BCUT2D eigenvalue weighted by molar-refractivity contribution is -0.199. The summed E-state index contributed by atoms with van der Waals surface area (Å²) in [6.45, 7) is 13.5. The Balaban J connectivity index is 1.46. The number of nitrogens with zero attached hydrogens (tertiary/aromatic N) is 1. The first-order chi connectivity index (χ1) is 17.5. The zero-order valence-electron chi connectivity index (χ0n) is 23.6. The Morgan fingerprint density at radius 1 is 1.16 bits per heavy atom. The summed E-state index contributed by atoms with van der Waals surface area (Å²) >= 11 is 0. The fourth-order valence-electron chi connectivity index (χ4n) is 9.62. The maximum absolute atomic E-state index is 13.6. The Morgan fingerprint density at radius 2 is 1.92 bits per heavy atom. The summed E-state index contributed by atoms with van der Waals surface area (Å²) in [6.07, 6.45) is 5.75. The van der Waals surface area contributed by atoms with Crippen LogP contribution >= 0.6 is 0 Å². The summed E-state index contributed by atoms with van der Waals surface area (Å²) in [4.78, 5) is 42.2. The van der Waals surface area contributed by atoms with Crippen LogP contribution in [0.15, 0.2) is 0 Å². The molecule has 0 aromatic heterocycles. The van der Waals surface area contributed by atoms with Crippen molar-refractivity contribution in [2.75, 3.05) is 19.6 Å². The molecule has 0 aromatic rings. The van der Waals surface area contributed by atoms with E-state index in [-0.39, 0.29) is 40.8 Å². The largest absolute Gasteiger partial charge is 0.445 e. The van der Waals surface area contributed by atoms with Crippen molar-refractivity contribution in [2.24, 2.45) is 45.8 Å². The first kappa shape index (κ1) is 27.1. The lowest BCUT2D eigenvalue weighted by atomic mass is 9.43. The number of imide groups is 1. The Kier molecular flexibility index (Phi) is 7.05. The minimum Gasteiger partial charge on any atom is -0.445 e. The van der Waals surface area contributed by atoms with Crippen LogP contribution in [0.1, 0.15) is 92.4 Å². The molecule has 0 aromatic carbocycles. The number of alkyl carbamates (subject to hydrolysis) is 1. The van der Waals surface area contributed by atoms with Crippen LogP contribution in [-0.2, 0) is 14.3 Å². The number of piperidine rings is 1. The molecule has 37 heavy (non-hydrogen) atoms. The summed E-state index contributed by atoms with van der Waals surface area (Å²) in [7, 11) is 0. The van der Waals surface area contributed by atoms with Crippen molar-refractivity contribution < 1.29 is 24.2 Å². The van der Waals surface area contributed by atoms with Gasteiger partial charge in [-0.1, -0.05) is 47.5 Å².